The Morgan fingerprint density at radius 2 is 2.35 bits per heavy atom. The normalized spacial score (nSPS) is 19.1. The first kappa shape index (κ1) is 13.2. The summed E-state index contributed by atoms with van der Waals surface area (Å²) in [6.07, 6.45) is 5.42. The van der Waals surface area contributed by atoms with Crippen molar-refractivity contribution in [3.8, 4) is 0 Å². The van der Waals surface area contributed by atoms with Gasteiger partial charge in [0.15, 0.2) is 5.13 Å². The van der Waals surface area contributed by atoms with E-state index in [-0.39, 0.29) is 11.9 Å². The summed E-state index contributed by atoms with van der Waals surface area (Å²) in [6, 6.07) is 5.79. The molecule has 3 heterocycles. The van der Waals surface area contributed by atoms with E-state index in [2.05, 4.69) is 20.2 Å². The summed E-state index contributed by atoms with van der Waals surface area (Å²) in [4.78, 5) is 22.9. The van der Waals surface area contributed by atoms with Gasteiger partial charge < -0.3 is 5.32 Å². The molecule has 0 bridgehead atoms. The van der Waals surface area contributed by atoms with Crippen LogP contribution in [0.4, 0.5) is 5.13 Å². The van der Waals surface area contributed by atoms with Crippen molar-refractivity contribution in [2.75, 3.05) is 11.9 Å². The van der Waals surface area contributed by atoms with Crippen LogP contribution in [0.1, 0.15) is 18.5 Å². The highest BCUT2D eigenvalue weighted by molar-refractivity contribution is 7.13. The molecule has 0 aromatic carbocycles. The molecule has 0 spiro atoms. The number of anilines is 1. The summed E-state index contributed by atoms with van der Waals surface area (Å²) in [6.45, 7) is 1.66. The molecular formula is C14H16N4OS. The number of likely N-dealkylation sites (tertiary alicyclic amines) is 1. The zero-order valence-electron chi connectivity index (χ0n) is 11.0. The Hall–Kier alpha value is -1.79. The predicted octanol–water partition coefficient (Wildman–Crippen LogP) is 2.14. The average Bonchev–Trinajstić information content (AvgIpc) is 3.11. The molecule has 1 fully saturated rings. The fourth-order valence-electron chi connectivity index (χ4n) is 2.49. The van der Waals surface area contributed by atoms with Crippen molar-refractivity contribution in [3.05, 3.63) is 41.7 Å². The molecule has 104 valence electrons. The van der Waals surface area contributed by atoms with E-state index >= 15 is 0 Å². The first-order valence-electron chi connectivity index (χ1n) is 6.67. The molecule has 2 aromatic heterocycles. The summed E-state index contributed by atoms with van der Waals surface area (Å²) in [5, 5.41) is 5.41. The second-order valence-corrected chi connectivity index (χ2v) is 5.67. The third kappa shape index (κ3) is 3.02. The lowest BCUT2D eigenvalue weighted by Crippen LogP contribution is -2.39. The molecule has 1 saturated heterocycles. The Morgan fingerprint density at radius 3 is 3.10 bits per heavy atom. The Balaban J connectivity index is 1.64. The van der Waals surface area contributed by atoms with Gasteiger partial charge in [-0.15, -0.1) is 11.3 Å². The Kier molecular flexibility index (Phi) is 4.03. The monoisotopic (exact) mass is 288 g/mol. The minimum absolute atomic E-state index is 0.0355. The highest BCUT2D eigenvalue weighted by atomic mass is 32.1. The number of pyridine rings is 1. The number of hydrogen-bond acceptors (Lipinski definition) is 5. The number of nitrogens with one attached hydrogen (secondary N) is 1. The fourth-order valence-corrected chi connectivity index (χ4v) is 3.02. The van der Waals surface area contributed by atoms with Crippen molar-refractivity contribution >= 4 is 22.4 Å². The molecule has 1 amide bonds. The Bertz CT molecular complexity index is 558. The maximum Gasteiger partial charge on any atom is 0.243 e. The fraction of sp³-hybridized carbons (Fsp3) is 0.357. The number of amides is 1. The van der Waals surface area contributed by atoms with Crippen LogP contribution in [0.5, 0.6) is 0 Å². The summed E-state index contributed by atoms with van der Waals surface area (Å²) < 4.78 is 0. The van der Waals surface area contributed by atoms with Gasteiger partial charge in [0.05, 0.1) is 11.7 Å². The lowest BCUT2D eigenvalue weighted by Gasteiger charge is -2.22. The van der Waals surface area contributed by atoms with Gasteiger partial charge in [-0.05, 0) is 31.5 Å². The molecule has 2 aromatic rings. The van der Waals surface area contributed by atoms with Gasteiger partial charge in [-0.25, -0.2) is 4.98 Å². The lowest BCUT2D eigenvalue weighted by molar-refractivity contribution is -0.120. The molecule has 6 heteroatoms. The smallest absolute Gasteiger partial charge is 0.243 e. The van der Waals surface area contributed by atoms with Crippen molar-refractivity contribution in [2.24, 2.45) is 0 Å². The average molecular weight is 288 g/mol. The van der Waals surface area contributed by atoms with Crippen LogP contribution in [0.25, 0.3) is 0 Å². The SMILES string of the molecule is O=C(Nc1nccs1)C1CCCN1Cc1ccccn1. The number of carbonyl (C=O) groups excluding carboxylic acids is 1. The standard InChI is InChI=1S/C14H16N4OS/c19-13(17-14-16-7-9-20-14)12-5-3-8-18(12)10-11-4-1-2-6-15-11/h1-2,4,6-7,9,12H,3,5,8,10H2,(H,16,17,19). The van der Waals surface area contributed by atoms with Crippen LogP contribution in [-0.2, 0) is 11.3 Å². The van der Waals surface area contributed by atoms with Crippen LogP contribution in [0.15, 0.2) is 36.0 Å². The van der Waals surface area contributed by atoms with E-state index in [0.29, 0.717) is 5.13 Å². The second-order valence-electron chi connectivity index (χ2n) is 4.78. The molecule has 0 radical (unpaired) electrons. The van der Waals surface area contributed by atoms with Crippen molar-refractivity contribution in [2.45, 2.75) is 25.4 Å². The van der Waals surface area contributed by atoms with E-state index in [1.165, 1.54) is 11.3 Å². The maximum atomic E-state index is 12.3. The van der Waals surface area contributed by atoms with E-state index in [9.17, 15) is 4.79 Å². The Morgan fingerprint density at radius 1 is 1.40 bits per heavy atom. The van der Waals surface area contributed by atoms with E-state index in [1.807, 2.05) is 23.6 Å². The van der Waals surface area contributed by atoms with Crippen molar-refractivity contribution in [1.29, 1.82) is 0 Å². The topological polar surface area (TPSA) is 58.1 Å². The molecule has 1 unspecified atom stereocenters. The van der Waals surface area contributed by atoms with E-state index in [0.717, 1.165) is 31.6 Å². The van der Waals surface area contributed by atoms with Gasteiger partial charge in [0.1, 0.15) is 0 Å². The number of rotatable bonds is 4. The zero-order chi connectivity index (χ0) is 13.8. The van der Waals surface area contributed by atoms with Crippen molar-refractivity contribution in [1.82, 2.24) is 14.9 Å². The van der Waals surface area contributed by atoms with Crippen LogP contribution < -0.4 is 5.32 Å². The largest absolute Gasteiger partial charge is 0.301 e. The van der Waals surface area contributed by atoms with Crippen LogP contribution in [0, 0.1) is 0 Å². The van der Waals surface area contributed by atoms with Crippen LogP contribution in [-0.4, -0.2) is 33.4 Å². The summed E-state index contributed by atoms with van der Waals surface area (Å²) in [7, 11) is 0. The third-order valence-electron chi connectivity index (χ3n) is 3.42. The maximum absolute atomic E-state index is 12.3. The molecular weight excluding hydrogens is 272 g/mol. The van der Waals surface area contributed by atoms with E-state index in [4.69, 9.17) is 0 Å². The molecule has 5 nitrogen and oxygen atoms in total. The minimum Gasteiger partial charge on any atom is -0.301 e. The molecule has 3 rings (SSSR count). The molecule has 0 saturated carbocycles. The molecule has 1 aliphatic rings. The zero-order valence-corrected chi connectivity index (χ0v) is 11.8. The summed E-state index contributed by atoms with van der Waals surface area (Å²) in [5.74, 6) is 0.0355. The van der Waals surface area contributed by atoms with Gasteiger partial charge in [-0.2, -0.15) is 0 Å². The van der Waals surface area contributed by atoms with Crippen LogP contribution >= 0.6 is 11.3 Å². The highest BCUT2D eigenvalue weighted by Gasteiger charge is 2.31. The van der Waals surface area contributed by atoms with Gasteiger partial charge in [0, 0.05) is 24.3 Å². The van der Waals surface area contributed by atoms with E-state index in [1.54, 1.807) is 12.4 Å². The molecule has 20 heavy (non-hydrogen) atoms. The number of hydrogen-bond donors (Lipinski definition) is 1. The van der Waals surface area contributed by atoms with Crippen LogP contribution in [0.3, 0.4) is 0 Å². The molecule has 0 aliphatic carbocycles. The highest BCUT2D eigenvalue weighted by Crippen LogP contribution is 2.21. The first-order chi connectivity index (χ1) is 9.83. The van der Waals surface area contributed by atoms with Crippen molar-refractivity contribution < 1.29 is 4.79 Å². The number of carbonyl (C=O) groups is 1. The number of thiazole rings is 1. The van der Waals surface area contributed by atoms with Gasteiger partial charge in [-0.1, -0.05) is 6.07 Å². The third-order valence-corrected chi connectivity index (χ3v) is 4.11. The van der Waals surface area contributed by atoms with Gasteiger partial charge in [0.2, 0.25) is 5.91 Å². The quantitative estimate of drug-likeness (QED) is 0.936. The molecule has 1 aliphatic heterocycles. The van der Waals surface area contributed by atoms with Gasteiger partial charge in [-0.3, -0.25) is 14.7 Å². The Labute approximate surface area is 121 Å². The molecule has 1 N–H and O–H groups in total. The number of nitrogens with zero attached hydrogens (tertiary/aromatic N) is 3. The van der Waals surface area contributed by atoms with Gasteiger partial charge >= 0.3 is 0 Å². The van der Waals surface area contributed by atoms with Gasteiger partial charge in [0.25, 0.3) is 0 Å². The van der Waals surface area contributed by atoms with Crippen LogP contribution in [0.2, 0.25) is 0 Å². The summed E-state index contributed by atoms with van der Waals surface area (Å²) in [5.41, 5.74) is 1.00. The summed E-state index contributed by atoms with van der Waals surface area (Å²) >= 11 is 1.44. The lowest BCUT2D eigenvalue weighted by atomic mass is 10.2. The first-order valence-corrected chi connectivity index (χ1v) is 7.55. The number of aromatic nitrogens is 2. The predicted molar refractivity (Wildman–Crippen MR) is 78.4 cm³/mol. The molecule has 1 atom stereocenters. The second kappa shape index (κ2) is 6.11. The van der Waals surface area contributed by atoms with Crippen molar-refractivity contribution in [3.63, 3.8) is 0 Å². The minimum atomic E-state index is -0.0825. The van der Waals surface area contributed by atoms with E-state index < -0.39 is 0 Å².